The van der Waals surface area contributed by atoms with Crippen molar-refractivity contribution in [2.75, 3.05) is 24.2 Å². The summed E-state index contributed by atoms with van der Waals surface area (Å²) >= 11 is 1.68. The Bertz CT molecular complexity index is 497. The Kier molecular flexibility index (Phi) is 4.09. The Morgan fingerprint density at radius 1 is 1.39 bits per heavy atom. The molecule has 0 aliphatic heterocycles. The SMILES string of the molecule is CNc1ncc(C)c(NCC(C)c2nccs2)n1. The summed E-state index contributed by atoms with van der Waals surface area (Å²) in [5.41, 5.74) is 1.04. The molecule has 0 amide bonds. The standard InChI is InChI=1S/C12H17N5S/c1-8-6-16-12(13-3)17-10(8)15-7-9(2)11-14-4-5-18-11/h4-6,9H,7H2,1-3H3,(H2,13,15,16,17). The van der Waals surface area contributed by atoms with Gasteiger partial charge in [0.25, 0.3) is 0 Å². The minimum absolute atomic E-state index is 0.373. The fourth-order valence-corrected chi connectivity index (χ4v) is 2.25. The Morgan fingerprint density at radius 2 is 2.22 bits per heavy atom. The highest BCUT2D eigenvalue weighted by atomic mass is 32.1. The maximum absolute atomic E-state index is 4.39. The summed E-state index contributed by atoms with van der Waals surface area (Å²) in [4.78, 5) is 12.9. The molecule has 18 heavy (non-hydrogen) atoms. The van der Waals surface area contributed by atoms with Crippen LogP contribution in [0.25, 0.3) is 0 Å². The molecule has 1 atom stereocenters. The van der Waals surface area contributed by atoms with Crippen LogP contribution in [0.3, 0.4) is 0 Å². The van der Waals surface area contributed by atoms with Crippen molar-refractivity contribution in [1.29, 1.82) is 0 Å². The number of aryl methyl sites for hydroxylation is 1. The number of hydrogen-bond acceptors (Lipinski definition) is 6. The van der Waals surface area contributed by atoms with E-state index < -0.39 is 0 Å². The van der Waals surface area contributed by atoms with Crippen LogP contribution in [0.2, 0.25) is 0 Å². The molecule has 2 aromatic heterocycles. The minimum atomic E-state index is 0.373. The molecule has 0 fully saturated rings. The number of nitrogens with zero attached hydrogens (tertiary/aromatic N) is 3. The molecule has 2 rings (SSSR count). The molecule has 0 aliphatic carbocycles. The Hall–Kier alpha value is -1.69. The third-order valence-electron chi connectivity index (χ3n) is 2.64. The van der Waals surface area contributed by atoms with E-state index in [9.17, 15) is 0 Å². The summed E-state index contributed by atoms with van der Waals surface area (Å²) in [5, 5.41) is 9.43. The molecule has 0 saturated heterocycles. The van der Waals surface area contributed by atoms with Gasteiger partial charge in [-0.15, -0.1) is 11.3 Å². The van der Waals surface area contributed by atoms with Crippen molar-refractivity contribution >= 4 is 23.1 Å². The Morgan fingerprint density at radius 3 is 2.89 bits per heavy atom. The van der Waals surface area contributed by atoms with Gasteiger partial charge in [0.2, 0.25) is 5.95 Å². The van der Waals surface area contributed by atoms with Crippen molar-refractivity contribution in [2.24, 2.45) is 0 Å². The lowest BCUT2D eigenvalue weighted by atomic mass is 10.2. The normalized spacial score (nSPS) is 12.2. The first-order valence-corrected chi connectivity index (χ1v) is 6.73. The molecule has 0 bridgehead atoms. The molecular weight excluding hydrogens is 246 g/mol. The molecule has 5 nitrogen and oxygen atoms in total. The van der Waals surface area contributed by atoms with Crippen LogP contribution in [-0.2, 0) is 0 Å². The molecule has 0 radical (unpaired) electrons. The van der Waals surface area contributed by atoms with Crippen molar-refractivity contribution in [2.45, 2.75) is 19.8 Å². The zero-order valence-electron chi connectivity index (χ0n) is 10.8. The van der Waals surface area contributed by atoms with Crippen molar-refractivity contribution in [3.63, 3.8) is 0 Å². The lowest BCUT2D eigenvalue weighted by Crippen LogP contribution is -2.12. The monoisotopic (exact) mass is 263 g/mol. The number of nitrogens with one attached hydrogen (secondary N) is 2. The molecule has 2 N–H and O–H groups in total. The average Bonchev–Trinajstić information content (AvgIpc) is 2.91. The van der Waals surface area contributed by atoms with E-state index in [0.717, 1.165) is 22.9 Å². The zero-order valence-corrected chi connectivity index (χ0v) is 11.6. The molecule has 96 valence electrons. The summed E-state index contributed by atoms with van der Waals surface area (Å²) in [6, 6.07) is 0. The summed E-state index contributed by atoms with van der Waals surface area (Å²) in [7, 11) is 1.81. The van der Waals surface area contributed by atoms with Gasteiger partial charge >= 0.3 is 0 Å². The molecule has 2 aromatic rings. The molecule has 0 spiro atoms. The topological polar surface area (TPSA) is 62.7 Å². The van der Waals surface area contributed by atoms with Crippen LogP contribution in [0.1, 0.15) is 23.4 Å². The van der Waals surface area contributed by atoms with Crippen LogP contribution in [-0.4, -0.2) is 28.5 Å². The van der Waals surface area contributed by atoms with Gasteiger partial charge in [0.05, 0.1) is 5.01 Å². The van der Waals surface area contributed by atoms with E-state index in [4.69, 9.17) is 0 Å². The average molecular weight is 263 g/mol. The first kappa shape index (κ1) is 12.8. The fourth-order valence-electron chi connectivity index (χ4n) is 1.56. The van der Waals surface area contributed by atoms with Gasteiger partial charge in [-0.25, -0.2) is 9.97 Å². The Labute approximate surface area is 111 Å². The number of thiazole rings is 1. The van der Waals surface area contributed by atoms with Gasteiger partial charge in [0.15, 0.2) is 0 Å². The van der Waals surface area contributed by atoms with Crippen LogP contribution >= 0.6 is 11.3 Å². The lowest BCUT2D eigenvalue weighted by molar-refractivity contribution is 0.790. The van der Waals surface area contributed by atoms with Gasteiger partial charge in [-0.3, -0.25) is 0 Å². The molecule has 6 heteroatoms. The predicted molar refractivity (Wildman–Crippen MR) is 75.3 cm³/mol. The summed E-state index contributed by atoms with van der Waals surface area (Å²) in [5.74, 6) is 1.88. The highest BCUT2D eigenvalue weighted by Crippen LogP contribution is 2.19. The lowest BCUT2D eigenvalue weighted by Gasteiger charge is -2.12. The van der Waals surface area contributed by atoms with Crippen molar-refractivity contribution < 1.29 is 0 Å². The zero-order chi connectivity index (χ0) is 13.0. The first-order valence-electron chi connectivity index (χ1n) is 5.85. The van der Waals surface area contributed by atoms with Gasteiger partial charge in [0.1, 0.15) is 5.82 Å². The summed E-state index contributed by atoms with van der Waals surface area (Å²) in [6.07, 6.45) is 3.65. The Balaban J connectivity index is 2.01. The quantitative estimate of drug-likeness (QED) is 0.868. The van der Waals surface area contributed by atoms with E-state index in [0.29, 0.717) is 11.9 Å². The number of rotatable bonds is 5. The second-order valence-corrected chi connectivity index (χ2v) is 5.05. The van der Waals surface area contributed by atoms with Crippen LogP contribution in [0, 0.1) is 6.92 Å². The van der Waals surface area contributed by atoms with Crippen LogP contribution in [0.15, 0.2) is 17.8 Å². The highest BCUT2D eigenvalue weighted by molar-refractivity contribution is 7.09. The minimum Gasteiger partial charge on any atom is -0.369 e. The first-order chi connectivity index (χ1) is 8.70. The van der Waals surface area contributed by atoms with Gasteiger partial charge in [-0.2, -0.15) is 4.98 Å². The molecule has 0 aliphatic rings. The molecular formula is C12H17N5S. The van der Waals surface area contributed by atoms with Crippen LogP contribution < -0.4 is 10.6 Å². The van der Waals surface area contributed by atoms with Crippen molar-refractivity contribution in [1.82, 2.24) is 15.0 Å². The molecule has 0 aromatic carbocycles. The smallest absolute Gasteiger partial charge is 0.224 e. The van der Waals surface area contributed by atoms with E-state index in [1.165, 1.54) is 0 Å². The number of anilines is 2. The maximum Gasteiger partial charge on any atom is 0.224 e. The maximum atomic E-state index is 4.39. The largest absolute Gasteiger partial charge is 0.369 e. The number of aromatic nitrogens is 3. The third-order valence-corrected chi connectivity index (χ3v) is 3.65. The second-order valence-electron chi connectivity index (χ2n) is 4.13. The summed E-state index contributed by atoms with van der Waals surface area (Å²) in [6.45, 7) is 4.96. The fraction of sp³-hybridized carbons (Fsp3) is 0.417. The van der Waals surface area contributed by atoms with Crippen LogP contribution in [0.5, 0.6) is 0 Å². The van der Waals surface area contributed by atoms with E-state index in [-0.39, 0.29) is 0 Å². The molecule has 1 unspecified atom stereocenters. The highest BCUT2D eigenvalue weighted by Gasteiger charge is 2.09. The van der Waals surface area contributed by atoms with Gasteiger partial charge < -0.3 is 10.6 Å². The predicted octanol–water partition coefficient (Wildman–Crippen LogP) is 2.50. The van der Waals surface area contributed by atoms with E-state index in [1.54, 1.807) is 11.3 Å². The van der Waals surface area contributed by atoms with E-state index >= 15 is 0 Å². The molecule has 2 heterocycles. The van der Waals surface area contributed by atoms with Crippen LogP contribution in [0.4, 0.5) is 11.8 Å². The van der Waals surface area contributed by atoms with E-state index in [2.05, 4.69) is 32.5 Å². The molecule has 0 saturated carbocycles. The van der Waals surface area contributed by atoms with Gasteiger partial charge in [-0.1, -0.05) is 6.92 Å². The second kappa shape index (κ2) is 5.77. The summed E-state index contributed by atoms with van der Waals surface area (Å²) < 4.78 is 0. The van der Waals surface area contributed by atoms with Gasteiger partial charge in [-0.05, 0) is 6.92 Å². The number of hydrogen-bond donors (Lipinski definition) is 2. The third kappa shape index (κ3) is 2.95. The van der Waals surface area contributed by atoms with Crippen molar-refractivity contribution in [3.8, 4) is 0 Å². The van der Waals surface area contributed by atoms with Gasteiger partial charge in [0, 0.05) is 42.8 Å². The van der Waals surface area contributed by atoms with E-state index in [1.807, 2.05) is 31.7 Å². The van der Waals surface area contributed by atoms with Crippen molar-refractivity contribution in [3.05, 3.63) is 28.3 Å².